The van der Waals surface area contributed by atoms with Crippen molar-refractivity contribution in [2.75, 3.05) is 18.6 Å². The molecule has 0 bridgehead atoms. The maximum atomic E-state index is 13.1. The van der Waals surface area contributed by atoms with Crippen LogP contribution < -0.4 is 19.7 Å². The van der Waals surface area contributed by atoms with Crippen LogP contribution in [0.3, 0.4) is 0 Å². The number of nitrogens with zero attached hydrogens (tertiary/aromatic N) is 1. The van der Waals surface area contributed by atoms with Gasteiger partial charge < -0.3 is 9.47 Å². The summed E-state index contributed by atoms with van der Waals surface area (Å²) in [4.78, 5) is 39.0. The summed E-state index contributed by atoms with van der Waals surface area (Å²) in [7, 11) is 1.48. The molecule has 160 valence electrons. The van der Waals surface area contributed by atoms with Crippen molar-refractivity contribution in [1.29, 1.82) is 0 Å². The first-order valence-corrected chi connectivity index (χ1v) is 10.2. The third kappa shape index (κ3) is 4.69. The lowest BCUT2D eigenvalue weighted by Gasteiger charge is -2.27. The normalized spacial score (nSPS) is 15.2. The zero-order valence-corrected chi connectivity index (χ0v) is 18.9. The first-order chi connectivity index (χ1) is 14.7. The Labute approximate surface area is 188 Å². The lowest BCUT2D eigenvalue weighted by molar-refractivity contribution is -0.122. The fourth-order valence-corrected chi connectivity index (χ4v) is 3.82. The number of carbonyl (C=O) groups excluding carboxylic acids is 3. The standard InChI is InChI=1S/C23H21BrN2O5/c1-5-6-31-20-18(24)11-15(12-19(20)30-4)10-17-21(27)25-23(29)26(22(17)28)16-8-13(2)7-14(3)9-16/h5,7-12H,1,6H2,2-4H3,(H,25,27,29). The second-order valence-corrected chi connectivity index (χ2v) is 7.79. The van der Waals surface area contributed by atoms with Crippen molar-refractivity contribution >= 4 is 45.5 Å². The van der Waals surface area contributed by atoms with E-state index in [4.69, 9.17) is 9.47 Å². The molecule has 0 saturated carbocycles. The third-order valence-corrected chi connectivity index (χ3v) is 5.06. The fraction of sp³-hybridized carbons (Fsp3) is 0.174. The van der Waals surface area contributed by atoms with E-state index in [1.54, 1.807) is 30.3 Å². The smallest absolute Gasteiger partial charge is 0.335 e. The van der Waals surface area contributed by atoms with E-state index in [0.29, 0.717) is 27.2 Å². The molecule has 0 unspecified atom stereocenters. The predicted molar refractivity (Wildman–Crippen MR) is 121 cm³/mol. The molecule has 3 rings (SSSR count). The largest absolute Gasteiger partial charge is 0.493 e. The van der Waals surface area contributed by atoms with Gasteiger partial charge in [-0.05, 0) is 76.8 Å². The van der Waals surface area contributed by atoms with Crippen LogP contribution in [0.15, 0.2) is 53.0 Å². The highest BCUT2D eigenvalue weighted by Gasteiger charge is 2.37. The Hall–Kier alpha value is -3.39. The summed E-state index contributed by atoms with van der Waals surface area (Å²) < 4.78 is 11.5. The molecule has 1 aliphatic rings. The lowest BCUT2D eigenvalue weighted by Crippen LogP contribution is -2.54. The number of amides is 4. The molecule has 31 heavy (non-hydrogen) atoms. The molecular formula is C23H21BrN2O5. The number of hydrogen-bond acceptors (Lipinski definition) is 5. The van der Waals surface area contributed by atoms with Crippen molar-refractivity contribution in [1.82, 2.24) is 5.32 Å². The van der Waals surface area contributed by atoms with Gasteiger partial charge in [0.15, 0.2) is 11.5 Å². The fourth-order valence-electron chi connectivity index (χ4n) is 3.24. The van der Waals surface area contributed by atoms with E-state index in [-0.39, 0.29) is 12.2 Å². The summed E-state index contributed by atoms with van der Waals surface area (Å²) in [5.74, 6) is -0.594. The summed E-state index contributed by atoms with van der Waals surface area (Å²) in [5, 5.41) is 2.23. The molecule has 1 aliphatic heterocycles. The van der Waals surface area contributed by atoms with Gasteiger partial charge in [-0.15, -0.1) is 0 Å². The Morgan fingerprint density at radius 1 is 1.10 bits per heavy atom. The number of anilines is 1. The minimum absolute atomic E-state index is 0.174. The number of nitrogens with one attached hydrogen (secondary N) is 1. The van der Waals surface area contributed by atoms with Crippen LogP contribution in [0.5, 0.6) is 11.5 Å². The van der Waals surface area contributed by atoms with Gasteiger partial charge in [-0.3, -0.25) is 14.9 Å². The molecule has 0 aliphatic carbocycles. The Balaban J connectivity index is 2.04. The molecule has 1 fully saturated rings. The third-order valence-electron chi connectivity index (χ3n) is 4.47. The van der Waals surface area contributed by atoms with Crippen LogP contribution in [0.4, 0.5) is 10.5 Å². The number of barbiturate groups is 1. The van der Waals surface area contributed by atoms with E-state index in [0.717, 1.165) is 16.0 Å². The molecule has 4 amide bonds. The highest BCUT2D eigenvalue weighted by atomic mass is 79.9. The molecule has 8 heteroatoms. The highest BCUT2D eigenvalue weighted by Crippen LogP contribution is 2.37. The zero-order valence-electron chi connectivity index (χ0n) is 17.3. The highest BCUT2D eigenvalue weighted by molar-refractivity contribution is 9.10. The molecule has 1 saturated heterocycles. The van der Waals surface area contributed by atoms with Gasteiger partial charge in [-0.1, -0.05) is 18.7 Å². The van der Waals surface area contributed by atoms with Gasteiger partial charge in [-0.25, -0.2) is 9.69 Å². The van der Waals surface area contributed by atoms with E-state index >= 15 is 0 Å². The van der Waals surface area contributed by atoms with Crippen molar-refractivity contribution in [3.8, 4) is 11.5 Å². The molecule has 1 N–H and O–H groups in total. The summed E-state index contributed by atoms with van der Waals surface area (Å²) in [6, 6.07) is 7.88. The number of carbonyl (C=O) groups is 3. The van der Waals surface area contributed by atoms with Crippen molar-refractivity contribution in [3.05, 3.63) is 69.7 Å². The predicted octanol–water partition coefficient (Wildman–Crippen LogP) is 4.31. The average molecular weight is 485 g/mol. The van der Waals surface area contributed by atoms with Crippen LogP contribution in [-0.4, -0.2) is 31.6 Å². The van der Waals surface area contributed by atoms with Crippen LogP contribution in [0, 0.1) is 13.8 Å². The van der Waals surface area contributed by atoms with Crippen molar-refractivity contribution in [2.24, 2.45) is 0 Å². The van der Waals surface area contributed by atoms with Gasteiger partial charge in [0.05, 0.1) is 17.3 Å². The van der Waals surface area contributed by atoms with E-state index < -0.39 is 17.8 Å². The SMILES string of the molecule is C=CCOc1c(Br)cc(C=C2C(=O)NC(=O)N(c3cc(C)cc(C)c3)C2=O)cc1OC. The van der Waals surface area contributed by atoms with Crippen molar-refractivity contribution in [3.63, 3.8) is 0 Å². The van der Waals surface area contributed by atoms with Gasteiger partial charge in [0.25, 0.3) is 11.8 Å². The molecule has 1 heterocycles. The zero-order chi connectivity index (χ0) is 22.7. The summed E-state index contributed by atoms with van der Waals surface area (Å²) in [6.45, 7) is 7.63. The monoisotopic (exact) mass is 484 g/mol. The van der Waals surface area contributed by atoms with Gasteiger partial charge in [0.1, 0.15) is 12.2 Å². The Morgan fingerprint density at radius 2 is 1.77 bits per heavy atom. The maximum absolute atomic E-state index is 13.1. The van der Waals surface area contributed by atoms with Gasteiger partial charge in [0.2, 0.25) is 0 Å². The van der Waals surface area contributed by atoms with Gasteiger partial charge >= 0.3 is 6.03 Å². The quantitative estimate of drug-likeness (QED) is 0.375. The second-order valence-electron chi connectivity index (χ2n) is 6.94. The molecule has 7 nitrogen and oxygen atoms in total. The van der Waals surface area contributed by atoms with Crippen molar-refractivity contribution in [2.45, 2.75) is 13.8 Å². The Kier molecular flexibility index (Phi) is 6.60. The number of methoxy groups -OCH3 is 1. The first-order valence-electron chi connectivity index (χ1n) is 9.36. The van der Waals surface area contributed by atoms with Gasteiger partial charge in [0, 0.05) is 0 Å². The van der Waals surface area contributed by atoms with Crippen LogP contribution in [-0.2, 0) is 9.59 Å². The molecule has 0 spiro atoms. The minimum atomic E-state index is -0.788. The van der Waals surface area contributed by atoms with E-state index in [2.05, 4.69) is 27.8 Å². The van der Waals surface area contributed by atoms with Crippen LogP contribution in [0.2, 0.25) is 0 Å². The molecular weight excluding hydrogens is 464 g/mol. The van der Waals surface area contributed by atoms with E-state index in [1.807, 2.05) is 19.9 Å². The molecule has 0 atom stereocenters. The molecule has 2 aromatic rings. The summed E-state index contributed by atoms with van der Waals surface area (Å²) in [6.07, 6.45) is 3.01. The summed E-state index contributed by atoms with van der Waals surface area (Å²) >= 11 is 3.42. The summed E-state index contributed by atoms with van der Waals surface area (Å²) in [5.41, 5.74) is 2.52. The molecule has 0 aromatic heterocycles. The van der Waals surface area contributed by atoms with Gasteiger partial charge in [-0.2, -0.15) is 0 Å². The number of ether oxygens (including phenoxy) is 2. The van der Waals surface area contributed by atoms with Crippen LogP contribution in [0.1, 0.15) is 16.7 Å². The number of halogens is 1. The maximum Gasteiger partial charge on any atom is 0.335 e. The number of urea groups is 1. The number of hydrogen-bond donors (Lipinski definition) is 1. The average Bonchev–Trinajstić information content (AvgIpc) is 2.69. The lowest BCUT2D eigenvalue weighted by atomic mass is 10.0. The molecule has 0 radical (unpaired) electrons. The van der Waals surface area contributed by atoms with Crippen LogP contribution in [0.25, 0.3) is 6.08 Å². The van der Waals surface area contributed by atoms with Crippen molar-refractivity contribution < 1.29 is 23.9 Å². The topological polar surface area (TPSA) is 84.9 Å². The van der Waals surface area contributed by atoms with E-state index in [1.165, 1.54) is 13.2 Å². The number of rotatable bonds is 6. The minimum Gasteiger partial charge on any atom is -0.493 e. The van der Waals surface area contributed by atoms with Crippen LogP contribution >= 0.6 is 15.9 Å². The Morgan fingerprint density at radius 3 is 2.39 bits per heavy atom. The Bertz CT molecular complexity index is 1100. The number of benzene rings is 2. The number of aryl methyl sites for hydroxylation is 2. The number of imide groups is 2. The molecule has 2 aromatic carbocycles. The first kappa shape index (κ1) is 22.3. The second kappa shape index (κ2) is 9.18. The van der Waals surface area contributed by atoms with E-state index in [9.17, 15) is 14.4 Å².